The van der Waals surface area contributed by atoms with Gasteiger partial charge in [0.15, 0.2) is 0 Å². The van der Waals surface area contributed by atoms with E-state index in [-0.39, 0.29) is 23.5 Å². The fraction of sp³-hybridized carbons (Fsp3) is 0.303. The number of imide groups is 1. The van der Waals surface area contributed by atoms with Crippen LogP contribution < -0.4 is 10.2 Å². The van der Waals surface area contributed by atoms with Gasteiger partial charge in [0.05, 0.1) is 17.4 Å². The number of fused-ring (bicyclic) bond motifs is 4. The molecular formula is C33H34N4O4. The summed E-state index contributed by atoms with van der Waals surface area (Å²) in [5.74, 6) is -0.655. The second-order valence-corrected chi connectivity index (χ2v) is 11.0. The minimum absolute atomic E-state index is 0.125. The normalized spacial score (nSPS) is 18.2. The van der Waals surface area contributed by atoms with Crippen LogP contribution in [0.15, 0.2) is 72.8 Å². The molecule has 0 saturated carbocycles. The maximum absolute atomic E-state index is 14.3. The summed E-state index contributed by atoms with van der Waals surface area (Å²) in [7, 11) is 0. The molecule has 1 aromatic heterocycles. The molecule has 6 rings (SSSR count). The smallest absolute Gasteiger partial charge is 0.332 e. The number of hydrogen-bond acceptors (Lipinski definition) is 4. The second-order valence-electron chi connectivity index (χ2n) is 11.0. The molecule has 0 bridgehead atoms. The van der Waals surface area contributed by atoms with Crippen molar-refractivity contribution in [2.24, 2.45) is 0 Å². The lowest BCUT2D eigenvalue weighted by Gasteiger charge is -2.36. The number of nitrogens with zero attached hydrogens (tertiary/aromatic N) is 2. The standard InChI is InChI=1S/C33H34N4O4/c1-20(2)41-18-10-17-34-31(38)24-14-7-9-16-27(24)37-32(39)28-19-25-23-13-6-8-15-26(23)35-29(25)30(36(28)33(37)40)22-12-5-4-11-21(22)3/h4-9,11-16,20,28,30,35H,10,17-19H2,1-3H3,(H,34,38). The van der Waals surface area contributed by atoms with E-state index in [1.54, 1.807) is 29.2 Å². The number of carbonyl (C=O) groups is 3. The van der Waals surface area contributed by atoms with Crippen molar-refractivity contribution in [1.82, 2.24) is 15.2 Å². The van der Waals surface area contributed by atoms with E-state index in [9.17, 15) is 14.4 Å². The molecule has 210 valence electrons. The number of ether oxygens (including phenoxy) is 1. The Morgan fingerprint density at radius 3 is 2.56 bits per heavy atom. The molecule has 0 aliphatic carbocycles. The van der Waals surface area contributed by atoms with Gasteiger partial charge in [0.2, 0.25) is 0 Å². The highest BCUT2D eigenvalue weighted by atomic mass is 16.5. The van der Waals surface area contributed by atoms with Gasteiger partial charge in [-0.2, -0.15) is 0 Å². The number of anilines is 1. The van der Waals surface area contributed by atoms with Crippen LogP contribution in [0.2, 0.25) is 0 Å². The van der Waals surface area contributed by atoms with Crippen LogP contribution in [0.4, 0.5) is 10.5 Å². The quantitative estimate of drug-likeness (QED) is 0.224. The Kier molecular flexibility index (Phi) is 7.09. The van der Waals surface area contributed by atoms with E-state index in [0.717, 1.165) is 33.3 Å². The molecule has 3 aromatic carbocycles. The van der Waals surface area contributed by atoms with Crippen molar-refractivity contribution in [2.45, 2.75) is 51.8 Å². The van der Waals surface area contributed by atoms with E-state index in [0.29, 0.717) is 31.7 Å². The number of benzene rings is 3. The first-order valence-electron chi connectivity index (χ1n) is 14.2. The average molecular weight is 551 g/mol. The van der Waals surface area contributed by atoms with Gasteiger partial charge in [0.1, 0.15) is 12.1 Å². The Balaban J connectivity index is 1.37. The molecule has 1 fully saturated rings. The summed E-state index contributed by atoms with van der Waals surface area (Å²) in [4.78, 5) is 48.1. The van der Waals surface area contributed by atoms with Gasteiger partial charge in [0.25, 0.3) is 11.8 Å². The molecule has 2 aliphatic rings. The van der Waals surface area contributed by atoms with Gasteiger partial charge in [-0.3, -0.25) is 14.5 Å². The molecule has 41 heavy (non-hydrogen) atoms. The van der Waals surface area contributed by atoms with E-state index in [1.807, 2.05) is 63.2 Å². The lowest BCUT2D eigenvalue weighted by molar-refractivity contribution is -0.120. The van der Waals surface area contributed by atoms with Gasteiger partial charge in [0, 0.05) is 36.2 Å². The third-order valence-electron chi connectivity index (χ3n) is 7.98. The number of carbonyl (C=O) groups excluding carboxylic acids is 3. The summed E-state index contributed by atoms with van der Waals surface area (Å²) < 4.78 is 5.56. The van der Waals surface area contributed by atoms with Gasteiger partial charge < -0.3 is 15.0 Å². The van der Waals surface area contributed by atoms with E-state index in [2.05, 4.69) is 16.4 Å². The van der Waals surface area contributed by atoms with Crippen molar-refractivity contribution < 1.29 is 19.1 Å². The van der Waals surface area contributed by atoms with E-state index in [4.69, 9.17) is 4.74 Å². The number of urea groups is 1. The van der Waals surface area contributed by atoms with Crippen LogP contribution in [0.3, 0.4) is 0 Å². The molecule has 0 spiro atoms. The van der Waals surface area contributed by atoms with Crippen LogP contribution in [0.5, 0.6) is 0 Å². The largest absolute Gasteiger partial charge is 0.379 e. The van der Waals surface area contributed by atoms with Gasteiger partial charge in [-0.25, -0.2) is 9.69 Å². The fourth-order valence-corrected chi connectivity index (χ4v) is 6.06. The Morgan fingerprint density at radius 2 is 1.76 bits per heavy atom. The van der Waals surface area contributed by atoms with Crippen LogP contribution in [0.1, 0.15) is 59.1 Å². The van der Waals surface area contributed by atoms with E-state index < -0.39 is 18.1 Å². The number of para-hydroxylation sites is 2. The topological polar surface area (TPSA) is 94.7 Å². The number of aryl methyl sites for hydroxylation is 1. The van der Waals surface area contributed by atoms with Crippen LogP contribution >= 0.6 is 0 Å². The zero-order valence-electron chi connectivity index (χ0n) is 23.5. The second kappa shape index (κ2) is 10.9. The number of H-pyrrole nitrogens is 1. The maximum atomic E-state index is 14.3. The first-order chi connectivity index (χ1) is 19.9. The van der Waals surface area contributed by atoms with Crippen molar-refractivity contribution in [1.29, 1.82) is 0 Å². The van der Waals surface area contributed by atoms with E-state index in [1.165, 1.54) is 4.90 Å². The molecule has 3 heterocycles. The first-order valence-corrected chi connectivity index (χ1v) is 14.2. The van der Waals surface area contributed by atoms with Gasteiger partial charge in [-0.05, 0) is 62.1 Å². The number of rotatable bonds is 8. The Hall–Kier alpha value is -4.43. The first kappa shape index (κ1) is 26.8. The van der Waals surface area contributed by atoms with Crippen molar-refractivity contribution in [3.8, 4) is 0 Å². The third-order valence-corrected chi connectivity index (χ3v) is 7.98. The highest BCUT2D eigenvalue weighted by Crippen LogP contribution is 2.45. The Labute approximate surface area is 239 Å². The number of nitrogens with one attached hydrogen (secondary N) is 2. The van der Waals surface area contributed by atoms with E-state index >= 15 is 0 Å². The summed E-state index contributed by atoms with van der Waals surface area (Å²) in [6, 6.07) is 21.2. The predicted octanol–water partition coefficient (Wildman–Crippen LogP) is 5.50. The molecule has 4 aromatic rings. The molecule has 2 unspecified atom stereocenters. The number of aromatic amines is 1. The molecule has 2 aliphatic heterocycles. The van der Waals surface area contributed by atoms with Crippen molar-refractivity contribution in [3.05, 3.63) is 101 Å². The fourth-order valence-electron chi connectivity index (χ4n) is 6.06. The molecule has 1 saturated heterocycles. The van der Waals surface area contributed by atoms with Gasteiger partial charge in [-0.15, -0.1) is 0 Å². The highest BCUT2D eigenvalue weighted by Gasteiger charge is 2.53. The van der Waals surface area contributed by atoms with Gasteiger partial charge in [-0.1, -0.05) is 54.6 Å². The maximum Gasteiger partial charge on any atom is 0.332 e. The van der Waals surface area contributed by atoms with Crippen molar-refractivity contribution >= 4 is 34.4 Å². The predicted molar refractivity (Wildman–Crippen MR) is 158 cm³/mol. The van der Waals surface area contributed by atoms with Crippen molar-refractivity contribution in [2.75, 3.05) is 18.1 Å². The molecule has 2 atom stereocenters. The number of aromatic nitrogens is 1. The van der Waals surface area contributed by atoms with Crippen LogP contribution in [-0.2, 0) is 16.0 Å². The summed E-state index contributed by atoms with van der Waals surface area (Å²) in [6.45, 7) is 6.92. The average Bonchev–Trinajstić information content (AvgIpc) is 3.46. The SMILES string of the molecule is Cc1ccccc1C1c2[nH]c3ccccc3c2CC2C(=O)N(c3ccccc3C(=O)NCCCOC(C)C)C(=O)N21. The highest BCUT2D eigenvalue weighted by molar-refractivity contribution is 6.24. The van der Waals surface area contributed by atoms with Crippen LogP contribution in [0.25, 0.3) is 10.9 Å². The zero-order valence-corrected chi connectivity index (χ0v) is 23.5. The molecule has 8 nitrogen and oxygen atoms in total. The Bertz CT molecular complexity index is 1640. The number of amides is 4. The molecule has 4 amide bonds. The summed E-state index contributed by atoms with van der Waals surface area (Å²) in [5, 5.41) is 3.97. The van der Waals surface area contributed by atoms with Crippen LogP contribution in [0, 0.1) is 6.92 Å². The lowest BCUT2D eigenvalue weighted by atomic mass is 9.87. The summed E-state index contributed by atoms with van der Waals surface area (Å²) >= 11 is 0. The summed E-state index contributed by atoms with van der Waals surface area (Å²) in [6.07, 6.45) is 1.18. The zero-order chi connectivity index (χ0) is 28.7. The molecule has 2 N–H and O–H groups in total. The van der Waals surface area contributed by atoms with Gasteiger partial charge >= 0.3 is 6.03 Å². The number of hydrogen-bond donors (Lipinski definition) is 2. The van der Waals surface area contributed by atoms with Crippen molar-refractivity contribution in [3.63, 3.8) is 0 Å². The lowest BCUT2D eigenvalue weighted by Crippen LogP contribution is -2.44. The summed E-state index contributed by atoms with van der Waals surface area (Å²) in [5.41, 5.74) is 5.53. The monoisotopic (exact) mass is 550 g/mol. The van der Waals surface area contributed by atoms with Crippen LogP contribution in [-0.4, -0.2) is 53.0 Å². The minimum atomic E-state index is -0.692. The Morgan fingerprint density at radius 1 is 1.02 bits per heavy atom. The minimum Gasteiger partial charge on any atom is -0.379 e. The molecule has 0 radical (unpaired) electrons. The molecule has 8 heteroatoms. The third kappa shape index (κ3) is 4.68. The molecular weight excluding hydrogens is 516 g/mol.